The van der Waals surface area contributed by atoms with Gasteiger partial charge in [-0.05, 0) is 56.0 Å². The largest absolute Gasteiger partial charge is 0.314 e. The Morgan fingerprint density at radius 2 is 2.36 bits per heavy atom. The van der Waals surface area contributed by atoms with Gasteiger partial charge in [0.25, 0.3) is 0 Å². The second-order valence-electron chi connectivity index (χ2n) is 4.07. The number of halogens is 1. The predicted octanol–water partition coefficient (Wildman–Crippen LogP) is 2.43. The van der Waals surface area contributed by atoms with Crippen molar-refractivity contribution >= 4 is 0 Å². The molecule has 1 aliphatic heterocycles. The van der Waals surface area contributed by atoms with E-state index >= 15 is 0 Å². The summed E-state index contributed by atoms with van der Waals surface area (Å²) in [4.78, 5) is 0. The number of nitrogens with one attached hydrogen (secondary N) is 1. The molecule has 0 radical (unpaired) electrons. The SMILES string of the molecule is Cc1cc(F)ccc1CC1CCCN1. The minimum Gasteiger partial charge on any atom is -0.314 e. The van der Waals surface area contributed by atoms with Crippen LogP contribution in [0.15, 0.2) is 18.2 Å². The van der Waals surface area contributed by atoms with Crippen molar-refractivity contribution < 1.29 is 4.39 Å². The van der Waals surface area contributed by atoms with E-state index in [2.05, 4.69) is 5.32 Å². The normalized spacial score (nSPS) is 21.4. The molecule has 1 atom stereocenters. The van der Waals surface area contributed by atoms with Crippen molar-refractivity contribution in [2.45, 2.75) is 32.2 Å². The van der Waals surface area contributed by atoms with Crippen molar-refractivity contribution in [2.24, 2.45) is 0 Å². The van der Waals surface area contributed by atoms with Crippen molar-refractivity contribution in [2.75, 3.05) is 6.54 Å². The molecule has 1 heterocycles. The Morgan fingerprint density at radius 3 is 3.00 bits per heavy atom. The highest BCUT2D eigenvalue weighted by molar-refractivity contribution is 5.27. The van der Waals surface area contributed by atoms with Crippen molar-refractivity contribution in [1.82, 2.24) is 5.32 Å². The van der Waals surface area contributed by atoms with E-state index in [9.17, 15) is 4.39 Å². The number of benzene rings is 1. The van der Waals surface area contributed by atoms with Crippen LogP contribution >= 0.6 is 0 Å². The van der Waals surface area contributed by atoms with Gasteiger partial charge in [0.05, 0.1) is 0 Å². The third-order valence-corrected chi connectivity index (χ3v) is 2.93. The molecular weight excluding hydrogens is 177 g/mol. The highest BCUT2D eigenvalue weighted by Crippen LogP contribution is 2.16. The van der Waals surface area contributed by atoms with Gasteiger partial charge in [0, 0.05) is 6.04 Å². The first kappa shape index (κ1) is 9.66. The van der Waals surface area contributed by atoms with E-state index in [0.717, 1.165) is 18.5 Å². The molecule has 0 amide bonds. The fraction of sp³-hybridized carbons (Fsp3) is 0.500. The van der Waals surface area contributed by atoms with E-state index in [1.807, 2.05) is 13.0 Å². The van der Waals surface area contributed by atoms with E-state index < -0.39 is 0 Å². The molecule has 2 heteroatoms. The van der Waals surface area contributed by atoms with Gasteiger partial charge in [-0.2, -0.15) is 0 Å². The fourth-order valence-corrected chi connectivity index (χ4v) is 2.08. The maximum atomic E-state index is 12.8. The summed E-state index contributed by atoms with van der Waals surface area (Å²) in [5, 5.41) is 3.45. The maximum Gasteiger partial charge on any atom is 0.123 e. The molecule has 14 heavy (non-hydrogen) atoms. The molecule has 0 spiro atoms. The van der Waals surface area contributed by atoms with Crippen LogP contribution in [0, 0.1) is 12.7 Å². The molecule has 1 aliphatic rings. The molecule has 76 valence electrons. The van der Waals surface area contributed by atoms with Gasteiger partial charge in [-0.1, -0.05) is 6.07 Å². The molecule has 1 fully saturated rings. The molecule has 0 bridgehead atoms. The first-order valence-electron chi connectivity index (χ1n) is 5.24. The van der Waals surface area contributed by atoms with E-state index in [1.54, 1.807) is 12.1 Å². The molecule has 1 aromatic carbocycles. The molecular formula is C12H16FN. The summed E-state index contributed by atoms with van der Waals surface area (Å²) in [6.45, 7) is 3.11. The third kappa shape index (κ3) is 2.13. The Hall–Kier alpha value is -0.890. The first-order chi connectivity index (χ1) is 6.75. The number of aryl methyl sites for hydroxylation is 1. The standard InChI is InChI=1S/C12H16FN/c1-9-7-11(13)5-4-10(9)8-12-3-2-6-14-12/h4-5,7,12,14H,2-3,6,8H2,1H3. The fourth-order valence-electron chi connectivity index (χ4n) is 2.08. The lowest BCUT2D eigenvalue weighted by Crippen LogP contribution is -2.23. The van der Waals surface area contributed by atoms with Crippen molar-refractivity contribution in [3.8, 4) is 0 Å². The van der Waals surface area contributed by atoms with E-state index in [-0.39, 0.29) is 5.82 Å². The molecule has 1 saturated heterocycles. The quantitative estimate of drug-likeness (QED) is 0.760. The van der Waals surface area contributed by atoms with Crippen LogP contribution in [0.2, 0.25) is 0 Å². The Labute approximate surface area is 84.3 Å². The molecule has 1 nitrogen and oxygen atoms in total. The van der Waals surface area contributed by atoms with Crippen LogP contribution in [-0.2, 0) is 6.42 Å². The van der Waals surface area contributed by atoms with E-state index in [0.29, 0.717) is 6.04 Å². The third-order valence-electron chi connectivity index (χ3n) is 2.93. The average Bonchev–Trinajstić information content (AvgIpc) is 2.62. The second kappa shape index (κ2) is 4.09. The average molecular weight is 193 g/mol. The zero-order chi connectivity index (χ0) is 9.97. The molecule has 0 aromatic heterocycles. The highest BCUT2D eigenvalue weighted by Gasteiger charge is 2.15. The van der Waals surface area contributed by atoms with Gasteiger partial charge in [0.15, 0.2) is 0 Å². The van der Waals surface area contributed by atoms with Gasteiger partial charge in [-0.15, -0.1) is 0 Å². The maximum absolute atomic E-state index is 12.8. The van der Waals surface area contributed by atoms with Gasteiger partial charge in [-0.3, -0.25) is 0 Å². The number of hydrogen-bond acceptors (Lipinski definition) is 1. The van der Waals surface area contributed by atoms with Gasteiger partial charge in [0.2, 0.25) is 0 Å². The van der Waals surface area contributed by atoms with Crippen LogP contribution in [-0.4, -0.2) is 12.6 Å². The first-order valence-corrected chi connectivity index (χ1v) is 5.24. The Morgan fingerprint density at radius 1 is 1.50 bits per heavy atom. The Bertz CT molecular complexity index is 316. The minimum absolute atomic E-state index is 0.134. The van der Waals surface area contributed by atoms with Crippen LogP contribution in [0.25, 0.3) is 0 Å². The van der Waals surface area contributed by atoms with Crippen LogP contribution in [0.1, 0.15) is 24.0 Å². The highest BCUT2D eigenvalue weighted by atomic mass is 19.1. The molecule has 1 aromatic rings. The molecule has 2 rings (SSSR count). The topological polar surface area (TPSA) is 12.0 Å². The number of hydrogen-bond donors (Lipinski definition) is 1. The van der Waals surface area contributed by atoms with Gasteiger partial charge >= 0.3 is 0 Å². The number of rotatable bonds is 2. The van der Waals surface area contributed by atoms with Crippen molar-refractivity contribution in [3.63, 3.8) is 0 Å². The summed E-state index contributed by atoms with van der Waals surface area (Å²) in [5.41, 5.74) is 2.34. The van der Waals surface area contributed by atoms with Gasteiger partial charge < -0.3 is 5.32 Å². The lowest BCUT2D eigenvalue weighted by atomic mass is 10.0. The lowest BCUT2D eigenvalue weighted by Gasteiger charge is -2.12. The van der Waals surface area contributed by atoms with E-state index in [4.69, 9.17) is 0 Å². The zero-order valence-corrected chi connectivity index (χ0v) is 8.52. The van der Waals surface area contributed by atoms with Crippen molar-refractivity contribution in [1.29, 1.82) is 0 Å². The summed E-state index contributed by atoms with van der Waals surface area (Å²) >= 11 is 0. The van der Waals surface area contributed by atoms with Gasteiger partial charge in [0.1, 0.15) is 5.82 Å². The molecule has 0 aliphatic carbocycles. The van der Waals surface area contributed by atoms with Crippen LogP contribution < -0.4 is 5.32 Å². The van der Waals surface area contributed by atoms with E-state index in [1.165, 1.54) is 18.4 Å². The summed E-state index contributed by atoms with van der Waals surface area (Å²) in [5.74, 6) is -0.134. The Kier molecular flexibility index (Phi) is 2.82. The predicted molar refractivity (Wildman–Crippen MR) is 55.9 cm³/mol. The Balaban J connectivity index is 2.08. The van der Waals surface area contributed by atoms with Crippen molar-refractivity contribution in [3.05, 3.63) is 35.1 Å². The summed E-state index contributed by atoms with van der Waals surface area (Å²) < 4.78 is 12.8. The van der Waals surface area contributed by atoms with Crippen LogP contribution in [0.4, 0.5) is 4.39 Å². The second-order valence-corrected chi connectivity index (χ2v) is 4.07. The van der Waals surface area contributed by atoms with Crippen LogP contribution in [0.5, 0.6) is 0 Å². The lowest BCUT2D eigenvalue weighted by molar-refractivity contribution is 0.596. The molecule has 1 N–H and O–H groups in total. The van der Waals surface area contributed by atoms with Gasteiger partial charge in [-0.25, -0.2) is 4.39 Å². The summed E-state index contributed by atoms with van der Waals surface area (Å²) in [7, 11) is 0. The summed E-state index contributed by atoms with van der Waals surface area (Å²) in [6, 6.07) is 5.67. The monoisotopic (exact) mass is 193 g/mol. The molecule has 1 unspecified atom stereocenters. The minimum atomic E-state index is -0.134. The zero-order valence-electron chi connectivity index (χ0n) is 8.52. The smallest absolute Gasteiger partial charge is 0.123 e. The summed E-state index contributed by atoms with van der Waals surface area (Å²) in [6.07, 6.45) is 3.55. The molecule has 0 saturated carbocycles. The van der Waals surface area contributed by atoms with Crippen LogP contribution in [0.3, 0.4) is 0 Å².